The van der Waals surface area contributed by atoms with E-state index in [2.05, 4.69) is 5.32 Å². The van der Waals surface area contributed by atoms with Gasteiger partial charge in [0.15, 0.2) is 0 Å². The minimum absolute atomic E-state index is 0.0564. The predicted molar refractivity (Wildman–Crippen MR) is 91.4 cm³/mol. The molecule has 2 N–H and O–H groups in total. The molecule has 2 amide bonds. The molecule has 1 aliphatic heterocycles. The first-order valence-corrected chi connectivity index (χ1v) is 8.04. The highest BCUT2D eigenvalue weighted by molar-refractivity contribution is 6.01. The Morgan fingerprint density at radius 1 is 1.12 bits per heavy atom. The third kappa shape index (κ3) is 3.63. The van der Waals surface area contributed by atoms with Crippen molar-refractivity contribution in [3.05, 3.63) is 66.2 Å². The molecule has 2 atom stereocenters. The van der Waals surface area contributed by atoms with Gasteiger partial charge in [-0.3, -0.25) is 9.59 Å². The van der Waals surface area contributed by atoms with E-state index in [1.807, 2.05) is 48.5 Å². The number of hydrogen-bond acceptors (Lipinski definition) is 3. The molecule has 0 saturated carbocycles. The van der Waals surface area contributed by atoms with Crippen molar-refractivity contribution in [3.8, 4) is 0 Å². The van der Waals surface area contributed by atoms with E-state index in [1.165, 1.54) is 0 Å². The van der Waals surface area contributed by atoms with Crippen LogP contribution in [0.1, 0.15) is 24.5 Å². The highest BCUT2D eigenvalue weighted by Crippen LogP contribution is 2.22. The molecule has 1 saturated heterocycles. The Morgan fingerprint density at radius 3 is 2.42 bits per heavy atom. The van der Waals surface area contributed by atoms with Crippen molar-refractivity contribution in [2.75, 3.05) is 11.4 Å². The maximum atomic E-state index is 12.4. The number of anilines is 1. The fraction of sp³-hybridized carbons (Fsp3) is 0.263. The second-order valence-electron chi connectivity index (χ2n) is 5.86. The van der Waals surface area contributed by atoms with Crippen LogP contribution in [0.2, 0.25) is 0 Å². The van der Waals surface area contributed by atoms with Crippen molar-refractivity contribution in [2.24, 2.45) is 0 Å². The number of aliphatic hydroxyl groups is 1. The van der Waals surface area contributed by atoms with Crippen molar-refractivity contribution >= 4 is 17.5 Å². The van der Waals surface area contributed by atoms with E-state index in [-0.39, 0.29) is 18.2 Å². The van der Waals surface area contributed by atoms with Gasteiger partial charge >= 0.3 is 0 Å². The fourth-order valence-electron chi connectivity index (χ4n) is 2.90. The van der Waals surface area contributed by atoms with E-state index in [0.29, 0.717) is 18.5 Å². The highest BCUT2D eigenvalue weighted by atomic mass is 16.3. The van der Waals surface area contributed by atoms with E-state index < -0.39 is 12.1 Å². The predicted octanol–water partition coefficient (Wildman–Crippen LogP) is 2.03. The molecule has 124 valence electrons. The summed E-state index contributed by atoms with van der Waals surface area (Å²) in [4.78, 5) is 26.3. The molecule has 0 spiro atoms. The first-order chi connectivity index (χ1) is 11.6. The van der Waals surface area contributed by atoms with E-state index >= 15 is 0 Å². The Bertz CT molecular complexity index is 703. The van der Waals surface area contributed by atoms with Gasteiger partial charge in [0.05, 0.1) is 12.5 Å². The zero-order valence-corrected chi connectivity index (χ0v) is 13.3. The Labute approximate surface area is 140 Å². The maximum Gasteiger partial charge on any atom is 0.249 e. The lowest BCUT2D eigenvalue weighted by Crippen LogP contribution is -2.41. The molecule has 0 bridgehead atoms. The van der Waals surface area contributed by atoms with Gasteiger partial charge < -0.3 is 15.3 Å². The number of rotatable bonds is 5. The highest BCUT2D eigenvalue weighted by Gasteiger charge is 2.33. The van der Waals surface area contributed by atoms with Crippen molar-refractivity contribution in [1.29, 1.82) is 0 Å². The van der Waals surface area contributed by atoms with E-state index in [1.54, 1.807) is 17.0 Å². The van der Waals surface area contributed by atoms with Gasteiger partial charge in [0, 0.05) is 12.2 Å². The van der Waals surface area contributed by atoms with Gasteiger partial charge in [-0.1, -0.05) is 48.5 Å². The lowest BCUT2D eigenvalue weighted by atomic mass is 10.1. The minimum Gasteiger partial charge on any atom is -0.388 e. The molecule has 3 rings (SSSR count). The van der Waals surface area contributed by atoms with Crippen LogP contribution in [-0.2, 0) is 9.59 Å². The first-order valence-electron chi connectivity index (χ1n) is 8.04. The summed E-state index contributed by atoms with van der Waals surface area (Å²) in [5.41, 5.74) is 1.53. The van der Waals surface area contributed by atoms with Crippen LogP contribution in [0.15, 0.2) is 60.7 Å². The molecule has 0 aromatic heterocycles. The summed E-state index contributed by atoms with van der Waals surface area (Å²) in [6, 6.07) is 17.9. The molecule has 1 heterocycles. The second kappa shape index (κ2) is 7.27. The summed E-state index contributed by atoms with van der Waals surface area (Å²) in [5, 5.41) is 12.8. The van der Waals surface area contributed by atoms with Crippen LogP contribution in [0.5, 0.6) is 0 Å². The van der Waals surface area contributed by atoms with Crippen LogP contribution in [0, 0.1) is 0 Å². The van der Waals surface area contributed by atoms with Crippen molar-refractivity contribution < 1.29 is 14.7 Å². The van der Waals surface area contributed by atoms with Gasteiger partial charge in [0.1, 0.15) is 6.04 Å². The summed E-state index contributed by atoms with van der Waals surface area (Å²) < 4.78 is 0. The summed E-state index contributed by atoms with van der Waals surface area (Å²) in [6.45, 7) is 0.578. The number of benzene rings is 2. The molecule has 1 fully saturated rings. The van der Waals surface area contributed by atoms with Crippen LogP contribution in [0.3, 0.4) is 0 Å². The monoisotopic (exact) mass is 324 g/mol. The summed E-state index contributed by atoms with van der Waals surface area (Å²) in [7, 11) is 0. The Morgan fingerprint density at radius 2 is 1.75 bits per heavy atom. The van der Waals surface area contributed by atoms with Crippen LogP contribution in [-0.4, -0.2) is 29.5 Å². The largest absolute Gasteiger partial charge is 0.388 e. The van der Waals surface area contributed by atoms with Crippen LogP contribution in [0.4, 0.5) is 5.69 Å². The number of carbonyl (C=O) groups is 2. The third-order valence-corrected chi connectivity index (χ3v) is 4.17. The van der Waals surface area contributed by atoms with Crippen LogP contribution < -0.4 is 10.2 Å². The molecular formula is C19H20N2O3. The third-order valence-electron chi connectivity index (χ3n) is 4.17. The number of amides is 2. The molecule has 5 nitrogen and oxygen atoms in total. The number of carbonyl (C=O) groups excluding carboxylic acids is 2. The SMILES string of the molecule is O=C(CC(O)c1ccccc1)NC1CCN(c2ccccc2)C1=O. The molecule has 1 aliphatic rings. The van der Waals surface area contributed by atoms with Gasteiger partial charge in [-0.2, -0.15) is 0 Å². The molecular weight excluding hydrogens is 304 g/mol. The Kier molecular flexibility index (Phi) is 4.91. The van der Waals surface area contributed by atoms with Gasteiger partial charge in [-0.15, -0.1) is 0 Å². The van der Waals surface area contributed by atoms with Crippen molar-refractivity contribution in [2.45, 2.75) is 25.0 Å². The average Bonchev–Trinajstić information content (AvgIpc) is 2.97. The van der Waals surface area contributed by atoms with Crippen molar-refractivity contribution in [3.63, 3.8) is 0 Å². The van der Waals surface area contributed by atoms with E-state index in [9.17, 15) is 14.7 Å². The molecule has 0 aliphatic carbocycles. The van der Waals surface area contributed by atoms with Crippen LogP contribution in [0.25, 0.3) is 0 Å². The number of nitrogens with one attached hydrogen (secondary N) is 1. The Hall–Kier alpha value is -2.66. The number of aliphatic hydroxyl groups excluding tert-OH is 1. The lowest BCUT2D eigenvalue weighted by Gasteiger charge is -2.17. The summed E-state index contributed by atoms with van der Waals surface area (Å²) >= 11 is 0. The number of para-hydroxylation sites is 1. The normalized spacial score (nSPS) is 18.5. The van der Waals surface area contributed by atoms with Crippen LogP contribution >= 0.6 is 0 Å². The van der Waals surface area contributed by atoms with Gasteiger partial charge in [-0.25, -0.2) is 0 Å². The van der Waals surface area contributed by atoms with E-state index in [0.717, 1.165) is 5.69 Å². The molecule has 0 radical (unpaired) electrons. The number of nitrogens with zero attached hydrogens (tertiary/aromatic N) is 1. The zero-order chi connectivity index (χ0) is 16.9. The van der Waals surface area contributed by atoms with Crippen molar-refractivity contribution in [1.82, 2.24) is 5.32 Å². The molecule has 2 aromatic rings. The molecule has 2 aromatic carbocycles. The minimum atomic E-state index is -0.868. The first kappa shape index (κ1) is 16.2. The second-order valence-corrected chi connectivity index (χ2v) is 5.86. The quantitative estimate of drug-likeness (QED) is 0.884. The summed E-state index contributed by atoms with van der Waals surface area (Å²) in [5.74, 6) is -0.427. The molecule has 5 heteroatoms. The Balaban J connectivity index is 1.57. The smallest absolute Gasteiger partial charge is 0.249 e. The van der Waals surface area contributed by atoms with E-state index in [4.69, 9.17) is 0 Å². The standard InChI is InChI=1S/C19H20N2O3/c22-17(14-7-3-1-4-8-14)13-18(23)20-16-11-12-21(19(16)24)15-9-5-2-6-10-15/h1-10,16-17,22H,11-13H2,(H,20,23). The average molecular weight is 324 g/mol. The lowest BCUT2D eigenvalue weighted by molar-refractivity contribution is -0.127. The van der Waals surface area contributed by atoms with Gasteiger partial charge in [-0.05, 0) is 24.1 Å². The zero-order valence-electron chi connectivity index (χ0n) is 13.3. The molecule has 24 heavy (non-hydrogen) atoms. The molecule has 2 unspecified atom stereocenters. The van der Waals surface area contributed by atoms with Gasteiger partial charge in [0.25, 0.3) is 0 Å². The topological polar surface area (TPSA) is 69.6 Å². The maximum absolute atomic E-state index is 12.4. The van der Waals surface area contributed by atoms with Gasteiger partial charge in [0.2, 0.25) is 11.8 Å². The summed E-state index contributed by atoms with van der Waals surface area (Å²) in [6.07, 6.45) is -0.354. The fourth-order valence-corrected chi connectivity index (χ4v) is 2.90. The number of hydrogen-bond donors (Lipinski definition) is 2.